The number of nitrogen functional groups attached to an aromatic ring is 1. The number of nitrogens with one attached hydrogen (secondary N) is 3. The van der Waals surface area contributed by atoms with Gasteiger partial charge in [0.05, 0.1) is 0 Å². The maximum Gasteiger partial charge on any atom is 0.312 e. The molecular formula is C21H23F2N5O4. The summed E-state index contributed by atoms with van der Waals surface area (Å²) in [6, 6.07) is 3.30. The Hall–Kier alpha value is -3.89. The van der Waals surface area contributed by atoms with Gasteiger partial charge in [-0.1, -0.05) is 13.8 Å². The molecule has 0 saturated heterocycles. The number of ether oxygens (including phenoxy) is 1. The Kier molecular flexibility index (Phi) is 8.33. The van der Waals surface area contributed by atoms with Crippen LogP contribution in [0.4, 0.5) is 20.2 Å². The van der Waals surface area contributed by atoms with Gasteiger partial charge in [-0.15, -0.1) is 0 Å². The van der Waals surface area contributed by atoms with Crippen molar-refractivity contribution in [1.82, 2.24) is 4.98 Å². The number of anilines is 2. The van der Waals surface area contributed by atoms with Crippen LogP contribution in [0.5, 0.6) is 5.88 Å². The first-order valence-electron chi connectivity index (χ1n) is 9.77. The van der Waals surface area contributed by atoms with Gasteiger partial charge in [0.1, 0.15) is 28.8 Å². The van der Waals surface area contributed by atoms with Crippen molar-refractivity contribution in [2.45, 2.75) is 39.5 Å². The van der Waals surface area contributed by atoms with Crippen LogP contribution in [-0.2, 0) is 20.8 Å². The van der Waals surface area contributed by atoms with E-state index in [2.05, 4.69) is 15.6 Å². The first-order valence-corrected chi connectivity index (χ1v) is 9.77. The van der Waals surface area contributed by atoms with Gasteiger partial charge in [-0.05, 0) is 30.2 Å². The number of carbonyl (C=O) groups excluding carboxylic acids is 3. The van der Waals surface area contributed by atoms with Gasteiger partial charge < -0.3 is 21.1 Å². The minimum atomic E-state index is -1.10. The number of esters is 1. The van der Waals surface area contributed by atoms with Gasteiger partial charge in [-0.25, -0.2) is 13.8 Å². The molecule has 1 aromatic heterocycles. The van der Waals surface area contributed by atoms with Gasteiger partial charge in [0.2, 0.25) is 17.7 Å². The number of nitrogens with zero attached hydrogens (tertiary/aromatic N) is 1. The number of amidine groups is 1. The molecule has 0 fully saturated rings. The first-order chi connectivity index (χ1) is 15.2. The van der Waals surface area contributed by atoms with Crippen LogP contribution in [0.3, 0.4) is 0 Å². The van der Waals surface area contributed by atoms with Crippen LogP contribution in [0.15, 0.2) is 24.4 Å². The van der Waals surface area contributed by atoms with E-state index in [1.807, 2.05) is 6.92 Å². The first kappa shape index (κ1) is 24.4. The Morgan fingerprint density at radius 1 is 1.06 bits per heavy atom. The Labute approximate surface area is 182 Å². The standard InChI is InChI=1S/C21H23F2N5O4/c1-3-11-7-8-26-21(32-17(31)4-2)18(11)27-15(29)5-6-16(30)28-19-13(22)9-12(20(24)25)10-14(19)23/h7-10H,3-6H2,1-2H3,(H3,24,25)(H,27,29)(H,28,30). The van der Waals surface area contributed by atoms with Crippen molar-refractivity contribution in [3.05, 3.63) is 47.2 Å². The molecule has 0 bridgehead atoms. The van der Waals surface area contributed by atoms with Crippen molar-refractivity contribution in [2.75, 3.05) is 10.6 Å². The van der Waals surface area contributed by atoms with Crippen molar-refractivity contribution in [3.8, 4) is 5.88 Å². The summed E-state index contributed by atoms with van der Waals surface area (Å²) in [6.07, 6.45) is 1.40. The van der Waals surface area contributed by atoms with Gasteiger partial charge in [0.15, 0.2) is 0 Å². The van der Waals surface area contributed by atoms with Crippen LogP contribution in [-0.4, -0.2) is 28.6 Å². The molecule has 1 heterocycles. The molecule has 9 nitrogen and oxygen atoms in total. The molecule has 1 aromatic carbocycles. The molecule has 32 heavy (non-hydrogen) atoms. The summed E-state index contributed by atoms with van der Waals surface area (Å²) in [4.78, 5) is 40.0. The van der Waals surface area contributed by atoms with Crippen molar-refractivity contribution in [2.24, 2.45) is 5.73 Å². The zero-order valence-corrected chi connectivity index (χ0v) is 17.6. The van der Waals surface area contributed by atoms with E-state index in [9.17, 15) is 23.2 Å². The third-order valence-electron chi connectivity index (χ3n) is 4.34. The lowest BCUT2D eigenvalue weighted by Gasteiger charge is -2.14. The van der Waals surface area contributed by atoms with Crippen LogP contribution < -0.4 is 21.1 Å². The second kappa shape index (κ2) is 10.9. The predicted octanol–water partition coefficient (Wildman–Crippen LogP) is 2.88. The van der Waals surface area contributed by atoms with Gasteiger partial charge in [-0.2, -0.15) is 0 Å². The Morgan fingerprint density at radius 2 is 1.62 bits per heavy atom. The number of rotatable bonds is 9. The molecule has 2 amide bonds. The number of benzene rings is 1. The molecule has 0 saturated carbocycles. The van der Waals surface area contributed by atoms with Crippen LogP contribution in [0.25, 0.3) is 0 Å². The number of hydrogen-bond acceptors (Lipinski definition) is 6. The highest BCUT2D eigenvalue weighted by molar-refractivity contribution is 5.99. The largest absolute Gasteiger partial charge is 0.405 e. The lowest BCUT2D eigenvalue weighted by molar-refractivity contribution is -0.134. The SMILES string of the molecule is CCC(=O)Oc1nccc(CC)c1NC(=O)CCC(=O)Nc1c(F)cc(C(=N)N)cc1F. The molecule has 0 aliphatic carbocycles. The van der Waals surface area contributed by atoms with E-state index in [1.54, 1.807) is 13.0 Å². The van der Waals surface area contributed by atoms with Crippen molar-refractivity contribution < 1.29 is 27.9 Å². The fourth-order valence-corrected chi connectivity index (χ4v) is 2.64. The summed E-state index contributed by atoms with van der Waals surface area (Å²) in [7, 11) is 0. The van der Waals surface area contributed by atoms with E-state index in [-0.39, 0.29) is 36.4 Å². The Balaban J connectivity index is 2.04. The molecule has 0 unspecified atom stereocenters. The quantitative estimate of drug-likeness (QED) is 0.264. The average molecular weight is 447 g/mol. The van der Waals surface area contributed by atoms with Gasteiger partial charge >= 0.3 is 5.97 Å². The lowest BCUT2D eigenvalue weighted by Crippen LogP contribution is -2.20. The van der Waals surface area contributed by atoms with Gasteiger partial charge in [0, 0.05) is 31.0 Å². The molecule has 0 aliphatic heterocycles. The summed E-state index contributed by atoms with van der Waals surface area (Å²) < 4.78 is 33.2. The number of aryl methyl sites for hydroxylation is 1. The van der Waals surface area contributed by atoms with Crippen molar-refractivity contribution >= 4 is 35.0 Å². The van der Waals surface area contributed by atoms with E-state index in [0.717, 1.165) is 12.1 Å². The molecule has 2 aromatic rings. The molecule has 170 valence electrons. The summed E-state index contributed by atoms with van der Waals surface area (Å²) >= 11 is 0. The lowest BCUT2D eigenvalue weighted by atomic mass is 10.1. The number of aromatic nitrogens is 1. The normalized spacial score (nSPS) is 10.4. The van der Waals surface area contributed by atoms with E-state index >= 15 is 0 Å². The predicted molar refractivity (Wildman–Crippen MR) is 113 cm³/mol. The van der Waals surface area contributed by atoms with Crippen molar-refractivity contribution in [1.29, 1.82) is 5.41 Å². The molecule has 5 N–H and O–H groups in total. The Bertz CT molecular complexity index is 1040. The minimum absolute atomic E-state index is 0.0521. The van der Waals surface area contributed by atoms with E-state index in [1.165, 1.54) is 6.20 Å². The maximum atomic E-state index is 14.0. The number of carbonyl (C=O) groups is 3. The van der Waals surface area contributed by atoms with Crippen LogP contribution in [0, 0.1) is 17.0 Å². The fourth-order valence-electron chi connectivity index (χ4n) is 2.64. The monoisotopic (exact) mass is 447 g/mol. The summed E-state index contributed by atoms with van der Waals surface area (Å²) in [5.74, 6) is -4.68. The van der Waals surface area contributed by atoms with Gasteiger partial charge in [-0.3, -0.25) is 19.8 Å². The molecule has 0 radical (unpaired) electrons. The summed E-state index contributed by atoms with van der Waals surface area (Å²) in [6.45, 7) is 3.45. The molecule has 11 heteroatoms. The van der Waals surface area contributed by atoms with E-state index in [4.69, 9.17) is 15.9 Å². The fraction of sp³-hybridized carbons (Fsp3) is 0.286. The van der Waals surface area contributed by atoms with E-state index in [0.29, 0.717) is 12.0 Å². The average Bonchev–Trinajstić information content (AvgIpc) is 2.75. The zero-order valence-electron chi connectivity index (χ0n) is 17.6. The van der Waals surface area contributed by atoms with Crippen molar-refractivity contribution in [3.63, 3.8) is 0 Å². The topological polar surface area (TPSA) is 147 Å². The smallest absolute Gasteiger partial charge is 0.312 e. The maximum absolute atomic E-state index is 14.0. The number of halogens is 2. The number of amides is 2. The van der Waals surface area contributed by atoms with E-state index < -0.39 is 40.9 Å². The highest BCUT2D eigenvalue weighted by atomic mass is 19.1. The zero-order chi connectivity index (χ0) is 23.8. The van der Waals surface area contributed by atoms with Crippen LogP contribution in [0.2, 0.25) is 0 Å². The number of pyridine rings is 1. The van der Waals surface area contributed by atoms with Gasteiger partial charge in [0.25, 0.3) is 0 Å². The number of nitrogens with two attached hydrogens (primary N) is 1. The van der Waals surface area contributed by atoms with Crippen LogP contribution >= 0.6 is 0 Å². The molecule has 0 aliphatic rings. The second-order valence-electron chi connectivity index (χ2n) is 6.66. The van der Waals surface area contributed by atoms with Crippen LogP contribution in [0.1, 0.15) is 44.2 Å². The Morgan fingerprint density at radius 3 is 2.12 bits per heavy atom. The molecule has 2 rings (SSSR count). The third-order valence-corrected chi connectivity index (χ3v) is 4.34. The highest BCUT2D eigenvalue weighted by Crippen LogP contribution is 2.27. The molecular weight excluding hydrogens is 424 g/mol. The minimum Gasteiger partial charge on any atom is -0.405 e. The highest BCUT2D eigenvalue weighted by Gasteiger charge is 2.18. The molecule has 0 atom stereocenters. The summed E-state index contributed by atoms with van der Waals surface area (Å²) in [5.41, 5.74) is 5.23. The number of hydrogen-bond donors (Lipinski definition) is 4. The molecule has 0 spiro atoms. The summed E-state index contributed by atoms with van der Waals surface area (Å²) in [5, 5.41) is 11.9. The third kappa shape index (κ3) is 6.30. The second-order valence-corrected chi connectivity index (χ2v) is 6.66.